The molecule has 4 nitrogen and oxygen atoms in total. The SMILES string of the molecule is CNC(C)c1cnn(C)c1C1CCCCO1. The third kappa shape index (κ3) is 2.13. The van der Waals surface area contributed by atoms with Crippen molar-refractivity contribution >= 4 is 0 Å². The van der Waals surface area contributed by atoms with Crippen LogP contribution in [0.1, 0.15) is 49.6 Å². The Kier molecular flexibility index (Phi) is 3.61. The molecule has 0 aromatic carbocycles. The first-order valence-electron chi connectivity index (χ1n) is 6.04. The second kappa shape index (κ2) is 4.97. The van der Waals surface area contributed by atoms with E-state index in [0.29, 0.717) is 6.04 Å². The number of rotatable bonds is 3. The van der Waals surface area contributed by atoms with Gasteiger partial charge in [0.1, 0.15) is 0 Å². The van der Waals surface area contributed by atoms with Gasteiger partial charge in [-0.2, -0.15) is 5.10 Å². The van der Waals surface area contributed by atoms with Crippen molar-refractivity contribution in [2.45, 2.75) is 38.3 Å². The Labute approximate surface area is 97.0 Å². The van der Waals surface area contributed by atoms with Crippen LogP contribution in [0.3, 0.4) is 0 Å². The first kappa shape index (κ1) is 11.6. The molecule has 0 radical (unpaired) electrons. The van der Waals surface area contributed by atoms with Gasteiger partial charge in [0, 0.05) is 25.3 Å². The fraction of sp³-hybridized carbons (Fsp3) is 0.750. The maximum absolute atomic E-state index is 5.85. The highest BCUT2D eigenvalue weighted by Crippen LogP contribution is 2.32. The molecule has 2 unspecified atom stereocenters. The molecule has 0 aliphatic carbocycles. The van der Waals surface area contributed by atoms with E-state index in [1.165, 1.54) is 24.1 Å². The van der Waals surface area contributed by atoms with Gasteiger partial charge in [-0.3, -0.25) is 4.68 Å². The number of nitrogens with one attached hydrogen (secondary N) is 1. The average molecular weight is 223 g/mol. The van der Waals surface area contributed by atoms with Crippen LogP contribution < -0.4 is 5.32 Å². The molecule has 90 valence electrons. The average Bonchev–Trinajstić information content (AvgIpc) is 2.71. The lowest BCUT2D eigenvalue weighted by Crippen LogP contribution is -2.20. The van der Waals surface area contributed by atoms with Crippen LogP contribution >= 0.6 is 0 Å². The lowest BCUT2D eigenvalue weighted by atomic mass is 10.0. The summed E-state index contributed by atoms with van der Waals surface area (Å²) >= 11 is 0. The standard InChI is InChI=1S/C12H21N3O/c1-9(13-2)10-8-14-15(3)12(10)11-6-4-5-7-16-11/h8-9,11,13H,4-7H2,1-3H3. The van der Waals surface area contributed by atoms with Gasteiger partial charge in [0.05, 0.1) is 18.0 Å². The Bertz CT molecular complexity index is 342. The van der Waals surface area contributed by atoms with E-state index in [2.05, 4.69) is 17.3 Å². The summed E-state index contributed by atoms with van der Waals surface area (Å²) in [7, 11) is 3.97. The summed E-state index contributed by atoms with van der Waals surface area (Å²) in [5, 5.41) is 7.62. The van der Waals surface area contributed by atoms with E-state index in [0.717, 1.165) is 13.0 Å². The van der Waals surface area contributed by atoms with Gasteiger partial charge in [0.2, 0.25) is 0 Å². The molecule has 0 spiro atoms. The van der Waals surface area contributed by atoms with Gasteiger partial charge < -0.3 is 10.1 Å². The van der Waals surface area contributed by atoms with Gasteiger partial charge in [-0.1, -0.05) is 0 Å². The molecule has 0 saturated carbocycles. The number of aromatic nitrogens is 2. The van der Waals surface area contributed by atoms with Crippen molar-refractivity contribution in [3.8, 4) is 0 Å². The zero-order valence-electron chi connectivity index (χ0n) is 10.4. The molecule has 2 heterocycles. The largest absolute Gasteiger partial charge is 0.372 e. The Balaban J connectivity index is 2.26. The molecule has 1 fully saturated rings. The van der Waals surface area contributed by atoms with Gasteiger partial charge >= 0.3 is 0 Å². The fourth-order valence-corrected chi connectivity index (χ4v) is 2.30. The highest BCUT2D eigenvalue weighted by atomic mass is 16.5. The molecule has 1 aliphatic rings. The predicted octanol–water partition coefficient (Wildman–Crippen LogP) is 1.94. The Morgan fingerprint density at radius 3 is 3.00 bits per heavy atom. The molecular weight excluding hydrogens is 202 g/mol. The van der Waals surface area contributed by atoms with E-state index in [1.54, 1.807) is 0 Å². The van der Waals surface area contributed by atoms with E-state index in [9.17, 15) is 0 Å². The van der Waals surface area contributed by atoms with Crippen molar-refractivity contribution in [2.75, 3.05) is 13.7 Å². The maximum Gasteiger partial charge on any atom is 0.0994 e. The van der Waals surface area contributed by atoms with Crippen LogP contribution in [-0.4, -0.2) is 23.4 Å². The van der Waals surface area contributed by atoms with Gasteiger partial charge in [-0.25, -0.2) is 0 Å². The monoisotopic (exact) mass is 223 g/mol. The van der Waals surface area contributed by atoms with Gasteiger partial charge in [0.25, 0.3) is 0 Å². The van der Waals surface area contributed by atoms with E-state index in [-0.39, 0.29) is 6.10 Å². The van der Waals surface area contributed by atoms with E-state index < -0.39 is 0 Å². The molecule has 2 rings (SSSR count). The van der Waals surface area contributed by atoms with Crippen molar-refractivity contribution < 1.29 is 4.74 Å². The van der Waals surface area contributed by atoms with Crippen molar-refractivity contribution in [1.82, 2.24) is 15.1 Å². The number of hydrogen-bond donors (Lipinski definition) is 1. The zero-order valence-corrected chi connectivity index (χ0v) is 10.4. The molecule has 1 saturated heterocycles. The Morgan fingerprint density at radius 1 is 1.56 bits per heavy atom. The molecule has 2 atom stereocenters. The van der Waals surface area contributed by atoms with Crippen molar-refractivity contribution in [1.29, 1.82) is 0 Å². The van der Waals surface area contributed by atoms with Crippen LogP contribution in [0.5, 0.6) is 0 Å². The number of ether oxygens (including phenoxy) is 1. The molecule has 1 aromatic rings. The molecular formula is C12H21N3O. The van der Waals surface area contributed by atoms with E-state index >= 15 is 0 Å². The van der Waals surface area contributed by atoms with Crippen LogP contribution in [-0.2, 0) is 11.8 Å². The third-order valence-corrected chi connectivity index (χ3v) is 3.40. The van der Waals surface area contributed by atoms with Crippen LogP contribution in [0.25, 0.3) is 0 Å². The second-order valence-corrected chi connectivity index (χ2v) is 4.47. The topological polar surface area (TPSA) is 39.1 Å². The summed E-state index contributed by atoms with van der Waals surface area (Å²) in [6.07, 6.45) is 5.73. The van der Waals surface area contributed by atoms with Gasteiger partial charge in [-0.05, 0) is 33.2 Å². The Morgan fingerprint density at radius 2 is 2.38 bits per heavy atom. The molecule has 0 bridgehead atoms. The molecule has 1 aliphatic heterocycles. The van der Waals surface area contributed by atoms with Crippen LogP contribution in [0.2, 0.25) is 0 Å². The van der Waals surface area contributed by atoms with E-state index in [4.69, 9.17) is 4.74 Å². The van der Waals surface area contributed by atoms with E-state index in [1.807, 2.05) is 25.0 Å². The molecule has 16 heavy (non-hydrogen) atoms. The van der Waals surface area contributed by atoms with Crippen molar-refractivity contribution in [3.63, 3.8) is 0 Å². The van der Waals surface area contributed by atoms with Crippen LogP contribution in [0, 0.1) is 0 Å². The number of hydrogen-bond acceptors (Lipinski definition) is 3. The smallest absolute Gasteiger partial charge is 0.0994 e. The summed E-state index contributed by atoms with van der Waals surface area (Å²) in [6, 6.07) is 0.328. The van der Waals surface area contributed by atoms with Crippen molar-refractivity contribution in [3.05, 3.63) is 17.5 Å². The summed E-state index contributed by atoms with van der Waals surface area (Å²) in [6.45, 7) is 3.03. The summed E-state index contributed by atoms with van der Waals surface area (Å²) in [5.74, 6) is 0. The highest BCUT2D eigenvalue weighted by molar-refractivity contribution is 5.23. The first-order chi connectivity index (χ1) is 7.74. The normalized spacial score (nSPS) is 23.3. The number of nitrogens with zero attached hydrogens (tertiary/aromatic N) is 2. The Hall–Kier alpha value is -0.870. The predicted molar refractivity (Wildman–Crippen MR) is 63.2 cm³/mol. The van der Waals surface area contributed by atoms with Gasteiger partial charge in [-0.15, -0.1) is 0 Å². The fourth-order valence-electron chi connectivity index (χ4n) is 2.30. The first-order valence-corrected chi connectivity index (χ1v) is 6.04. The maximum atomic E-state index is 5.85. The van der Waals surface area contributed by atoms with Crippen LogP contribution in [0.4, 0.5) is 0 Å². The minimum absolute atomic E-state index is 0.229. The quantitative estimate of drug-likeness (QED) is 0.851. The molecule has 4 heteroatoms. The number of aryl methyl sites for hydroxylation is 1. The second-order valence-electron chi connectivity index (χ2n) is 4.47. The third-order valence-electron chi connectivity index (χ3n) is 3.40. The molecule has 0 amide bonds. The summed E-state index contributed by atoms with van der Waals surface area (Å²) in [4.78, 5) is 0. The van der Waals surface area contributed by atoms with Crippen molar-refractivity contribution in [2.24, 2.45) is 7.05 Å². The summed E-state index contributed by atoms with van der Waals surface area (Å²) < 4.78 is 7.81. The lowest BCUT2D eigenvalue weighted by Gasteiger charge is -2.25. The minimum atomic E-state index is 0.229. The lowest BCUT2D eigenvalue weighted by molar-refractivity contribution is 0.00929. The molecule has 1 aromatic heterocycles. The molecule has 1 N–H and O–H groups in total. The minimum Gasteiger partial charge on any atom is -0.372 e. The summed E-state index contributed by atoms with van der Waals surface area (Å²) in [5.41, 5.74) is 2.50. The van der Waals surface area contributed by atoms with Crippen LogP contribution in [0.15, 0.2) is 6.20 Å². The zero-order chi connectivity index (χ0) is 11.5. The van der Waals surface area contributed by atoms with Gasteiger partial charge in [0.15, 0.2) is 0 Å². The highest BCUT2D eigenvalue weighted by Gasteiger charge is 2.24.